The van der Waals surface area contributed by atoms with Crippen molar-refractivity contribution in [3.63, 3.8) is 0 Å². The molecular weight excluding hydrogens is 379 g/mol. The van der Waals surface area contributed by atoms with Gasteiger partial charge < -0.3 is 4.42 Å². The molecule has 1 saturated heterocycles. The molecule has 4 nitrogen and oxygen atoms in total. The number of alkyl halides is 3. The molecule has 1 aliphatic heterocycles. The van der Waals surface area contributed by atoms with E-state index in [9.17, 15) is 13.2 Å². The molecule has 0 amide bonds. The van der Waals surface area contributed by atoms with Gasteiger partial charge in [-0.05, 0) is 42.6 Å². The van der Waals surface area contributed by atoms with Crippen LogP contribution in [0.3, 0.4) is 0 Å². The molecule has 0 radical (unpaired) electrons. The number of benzene rings is 2. The molecule has 1 fully saturated rings. The van der Waals surface area contributed by atoms with Gasteiger partial charge in [-0.25, -0.2) is 0 Å². The summed E-state index contributed by atoms with van der Waals surface area (Å²) in [7, 11) is 0. The van der Waals surface area contributed by atoms with Gasteiger partial charge in [-0.2, -0.15) is 13.2 Å². The van der Waals surface area contributed by atoms with Crippen molar-refractivity contribution in [3.05, 3.63) is 83.1 Å². The molecule has 1 atom stereocenters. The number of nitrogens with zero attached hydrogens (tertiary/aromatic N) is 3. The van der Waals surface area contributed by atoms with Crippen LogP contribution in [0.25, 0.3) is 0 Å². The lowest BCUT2D eigenvalue weighted by Gasteiger charge is -2.35. The van der Waals surface area contributed by atoms with Gasteiger partial charge in [0.15, 0.2) is 0 Å². The van der Waals surface area contributed by atoms with Gasteiger partial charge in [0.25, 0.3) is 0 Å². The van der Waals surface area contributed by atoms with Gasteiger partial charge in [0.05, 0.1) is 18.5 Å². The number of piperidine rings is 1. The first kappa shape index (κ1) is 19.6. The van der Waals surface area contributed by atoms with Crippen molar-refractivity contribution in [2.45, 2.75) is 44.4 Å². The highest BCUT2D eigenvalue weighted by molar-refractivity contribution is 5.27. The summed E-state index contributed by atoms with van der Waals surface area (Å²) in [6, 6.07) is 15.4. The van der Waals surface area contributed by atoms with E-state index in [1.807, 2.05) is 30.3 Å². The van der Waals surface area contributed by atoms with Crippen LogP contribution in [0.15, 0.2) is 59.0 Å². The summed E-state index contributed by atoms with van der Waals surface area (Å²) in [5, 5.41) is 8.32. The Morgan fingerprint density at radius 2 is 1.66 bits per heavy atom. The van der Waals surface area contributed by atoms with Crippen molar-refractivity contribution >= 4 is 0 Å². The van der Waals surface area contributed by atoms with E-state index in [4.69, 9.17) is 4.42 Å². The number of hydrogen-bond donors (Lipinski definition) is 0. The normalized spacial score (nSPS) is 18.1. The first-order chi connectivity index (χ1) is 14.0. The Labute approximate surface area is 167 Å². The molecule has 152 valence electrons. The second kappa shape index (κ2) is 8.37. The molecule has 29 heavy (non-hydrogen) atoms. The molecule has 1 unspecified atom stereocenters. The van der Waals surface area contributed by atoms with E-state index < -0.39 is 11.7 Å². The maximum absolute atomic E-state index is 12.8. The third kappa shape index (κ3) is 4.85. The molecule has 0 aliphatic carbocycles. The van der Waals surface area contributed by atoms with Crippen LogP contribution in [0.2, 0.25) is 0 Å². The van der Waals surface area contributed by atoms with Gasteiger partial charge in [-0.15, -0.1) is 10.2 Å². The lowest BCUT2D eigenvalue weighted by molar-refractivity contribution is -0.137. The quantitative estimate of drug-likeness (QED) is 0.574. The smallest absolute Gasteiger partial charge is 0.416 e. The van der Waals surface area contributed by atoms with E-state index in [0.717, 1.165) is 49.1 Å². The Morgan fingerprint density at radius 1 is 0.931 bits per heavy atom. The largest absolute Gasteiger partial charge is 0.424 e. The van der Waals surface area contributed by atoms with Crippen LogP contribution >= 0.6 is 0 Å². The van der Waals surface area contributed by atoms with Gasteiger partial charge in [0, 0.05) is 6.04 Å². The van der Waals surface area contributed by atoms with Crippen LogP contribution in [0, 0.1) is 0 Å². The summed E-state index contributed by atoms with van der Waals surface area (Å²) in [4.78, 5) is 2.21. The molecule has 2 aromatic carbocycles. The van der Waals surface area contributed by atoms with Crippen LogP contribution < -0.4 is 0 Å². The molecule has 0 bridgehead atoms. The number of hydrogen-bond acceptors (Lipinski definition) is 4. The monoisotopic (exact) mass is 401 g/mol. The highest BCUT2D eigenvalue weighted by Gasteiger charge is 2.31. The minimum absolute atomic E-state index is 0.0514. The molecule has 2 heterocycles. The number of likely N-dealkylation sites (tertiary alicyclic amines) is 1. The van der Waals surface area contributed by atoms with E-state index in [1.54, 1.807) is 12.1 Å². The van der Waals surface area contributed by atoms with E-state index in [2.05, 4.69) is 15.1 Å². The molecule has 0 N–H and O–H groups in total. The average Bonchev–Trinajstić information content (AvgIpc) is 3.15. The molecule has 0 spiro atoms. The number of aromatic nitrogens is 2. The first-order valence-corrected chi connectivity index (χ1v) is 9.75. The van der Waals surface area contributed by atoms with Crippen LogP contribution in [-0.2, 0) is 19.1 Å². The Balaban J connectivity index is 1.46. The molecule has 3 aromatic rings. The van der Waals surface area contributed by atoms with Crippen molar-refractivity contribution in [2.75, 3.05) is 6.54 Å². The molecule has 1 aromatic heterocycles. The van der Waals surface area contributed by atoms with Crippen LogP contribution in [0.5, 0.6) is 0 Å². The zero-order valence-corrected chi connectivity index (χ0v) is 15.9. The van der Waals surface area contributed by atoms with E-state index in [-0.39, 0.29) is 6.04 Å². The van der Waals surface area contributed by atoms with Gasteiger partial charge in [-0.1, -0.05) is 48.9 Å². The highest BCUT2D eigenvalue weighted by Crippen LogP contribution is 2.34. The van der Waals surface area contributed by atoms with Gasteiger partial charge in [0.2, 0.25) is 11.8 Å². The summed E-state index contributed by atoms with van der Waals surface area (Å²) in [6.07, 6.45) is -0.746. The summed E-state index contributed by atoms with van der Waals surface area (Å²) in [5.74, 6) is 1.10. The van der Waals surface area contributed by atoms with Gasteiger partial charge >= 0.3 is 6.18 Å². The Morgan fingerprint density at radius 3 is 2.38 bits per heavy atom. The van der Waals surface area contributed by atoms with Crippen molar-refractivity contribution in [1.82, 2.24) is 15.1 Å². The standard InChI is InChI=1S/C22H22F3N3O/c23-22(24,25)18-11-9-17(10-12-18)19-8-4-5-13-28(19)15-21-27-26-20(29-21)14-16-6-2-1-3-7-16/h1-3,6-7,9-12,19H,4-5,8,13-15H2. The highest BCUT2D eigenvalue weighted by atomic mass is 19.4. The molecule has 0 saturated carbocycles. The molecule has 7 heteroatoms. The summed E-state index contributed by atoms with van der Waals surface area (Å²) in [5.41, 5.74) is 1.37. The van der Waals surface area contributed by atoms with Crippen LogP contribution in [-0.4, -0.2) is 21.6 Å². The Bertz CT molecular complexity index is 922. The fourth-order valence-electron chi connectivity index (χ4n) is 3.82. The van der Waals surface area contributed by atoms with Crippen molar-refractivity contribution in [3.8, 4) is 0 Å². The summed E-state index contributed by atoms with van der Waals surface area (Å²) >= 11 is 0. The zero-order valence-electron chi connectivity index (χ0n) is 15.9. The second-order valence-corrected chi connectivity index (χ2v) is 7.35. The maximum atomic E-state index is 12.8. The number of halogens is 3. The first-order valence-electron chi connectivity index (χ1n) is 9.75. The van der Waals surface area contributed by atoms with Gasteiger partial charge in [0.1, 0.15) is 0 Å². The fourth-order valence-corrected chi connectivity index (χ4v) is 3.82. The third-order valence-corrected chi connectivity index (χ3v) is 5.28. The van der Waals surface area contributed by atoms with Crippen molar-refractivity contribution in [1.29, 1.82) is 0 Å². The van der Waals surface area contributed by atoms with E-state index >= 15 is 0 Å². The SMILES string of the molecule is FC(F)(F)c1ccc(C2CCCCN2Cc2nnc(Cc3ccccc3)o2)cc1. The average molecular weight is 401 g/mol. The second-order valence-electron chi connectivity index (χ2n) is 7.35. The van der Waals surface area contributed by atoms with E-state index in [0.29, 0.717) is 24.7 Å². The maximum Gasteiger partial charge on any atom is 0.416 e. The summed E-state index contributed by atoms with van der Waals surface area (Å²) < 4.78 is 44.4. The molecule has 4 rings (SSSR count). The minimum atomic E-state index is -4.32. The topological polar surface area (TPSA) is 42.2 Å². The minimum Gasteiger partial charge on any atom is -0.424 e. The molecule has 1 aliphatic rings. The van der Waals surface area contributed by atoms with Crippen LogP contribution in [0.4, 0.5) is 13.2 Å². The lowest BCUT2D eigenvalue weighted by atomic mass is 9.94. The number of rotatable bonds is 5. The Kier molecular flexibility index (Phi) is 5.67. The Hall–Kier alpha value is -2.67. The molecular formula is C22H22F3N3O. The predicted molar refractivity (Wildman–Crippen MR) is 102 cm³/mol. The fraction of sp³-hybridized carbons (Fsp3) is 0.364. The van der Waals surface area contributed by atoms with Crippen LogP contribution in [0.1, 0.15) is 53.8 Å². The van der Waals surface area contributed by atoms with Crippen molar-refractivity contribution < 1.29 is 17.6 Å². The predicted octanol–water partition coefficient (Wildman–Crippen LogP) is 5.41. The van der Waals surface area contributed by atoms with Crippen molar-refractivity contribution in [2.24, 2.45) is 0 Å². The third-order valence-electron chi connectivity index (χ3n) is 5.28. The van der Waals surface area contributed by atoms with E-state index in [1.165, 1.54) is 0 Å². The summed E-state index contributed by atoms with van der Waals surface area (Å²) in [6.45, 7) is 1.34. The zero-order chi connectivity index (χ0) is 20.3. The lowest BCUT2D eigenvalue weighted by Crippen LogP contribution is -2.33. The van der Waals surface area contributed by atoms with Gasteiger partial charge in [-0.3, -0.25) is 4.90 Å².